The predicted octanol–water partition coefficient (Wildman–Crippen LogP) is 4.28. The van der Waals surface area contributed by atoms with Crippen molar-refractivity contribution in [2.75, 3.05) is 0 Å². The molecule has 0 spiro atoms. The molecule has 0 unspecified atom stereocenters. The molecule has 0 radical (unpaired) electrons. The highest BCUT2D eigenvalue weighted by molar-refractivity contribution is 5.31. The van der Waals surface area contributed by atoms with Gasteiger partial charge in [0, 0.05) is 14.6 Å². The summed E-state index contributed by atoms with van der Waals surface area (Å²) in [6.07, 6.45) is 0.405. The molecule has 1 rings (SSSR count). The van der Waals surface area contributed by atoms with Crippen LogP contribution in [0.25, 0.3) is 0 Å². The lowest BCUT2D eigenvalue weighted by atomic mass is 9.84. The Balaban J connectivity index is 3.29. The second-order valence-electron chi connectivity index (χ2n) is 6.51. The number of nitrogens with zero attached hydrogens (tertiary/aromatic N) is 1. The van der Waals surface area contributed by atoms with Crippen molar-refractivity contribution in [3.05, 3.63) is 29.1 Å². The summed E-state index contributed by atoms with van der Waals surface area (Å²) in [5, 5.41) is 0. The van der Waals surface area contributed by atoms with Crippen LogP contribution in [0.5, 0.6) is 0 Å². The fourth-order valence-electron chi connectivity index (χ4n) is 1.79. The molecule has 0 atom stereocenters. The van der Waals surface area contributed by atoms with Gasteiger partial charge >= 0.3 is 0 Å². The van der Waals surface area contributed by atoms with E-state index in [1.54, 1.807) is 0 Å². The average Bonchev–Trinajstić information content (AvgIpc) is 2.13. The van der Waals surface area contributed by atoms with Gasteiger partial charge in [-0.1, -0.05) is 41.5 Å². The molecule has 1 aromatic rings. The molecule has 0 N–H and O–H groups in total. The Morgan fingerprint density at radius 2 is 1.75 bits per heavy atom. The van der Waals surface area contributed by atoms with Crippen molar-refractivity contribution in [3.63, 3.8) is 0 Å². The van der Waals surface area contributed by atoms with E-state index in [2.05, 4.69) is 25.8 Å². The van der Waals surface area contributed by atoms with Gasteiger partial charge in [0.15, 0.2) is 0 Å². The summed E-state index contributed by atoms with van der Waals surface area (Å²) in [5.41, 5.74) is 2.40. The molecule has 0 aliphatic heterocycles. The summed E-state index contributed by atoms with van der Waals surface area (Å²) >= 11 is 0. The lowest BCUT2D eigenvalue weighted by molar-refractivity contribution is 0.406. The minimum absolute atomic E-state index is 0.0457. The van der Waals surface area contributed by atoms with E-state index in [0.29, 0.717) is 5.69 Å². The van der Waals surface area contributed by atoms with Crippen LogP contribution in [0.3, 0.4) is 0 Å². The summed E-state index contributed by atoms with van der Waals surface area (Å²) in [6, 6.07) is 1.89. The Morgan fingerprint density at radius 1 is 1.19 bits per heavy atom. The van der Waals surface area contributed by atoms with E-state index < -0.39 is 11.8 Å². The van der Waals surface area contributed by atoms with Crippen LogP contribution in [0.1, 0.15) is 61.1 Å². The van der Waals surface area contributed by atoms with Crippen LogP contribution in [-0.2, 0) is 11.8 Å². The summed E-state index contributed by atoms with van der Waals surface area (Å²) in [5.74, 6) is 0. The molecule has 1 heterocycles. The first-order valence-corrected chi connectivity index (χ1v) is 5.85. The fourth-order valence-corrected chi connectivity index (χ4v) is 1.79. The molecule has 0 bridgehead atoms. The normalized spacial score (nSPS) is 15.7. The first kappa shape index (κ1) is 10.3. The van der Waals surface area contributed by atoms with Crippen LogP contribution in [0.4, 0.5) is 0 Å². The van der Waals surface area contributed by atoms with Gasteiger partial charge in [-0.05, 0) is 41.3 Å². The van der Waals surface area contributed by atoms with Crippen LogP contribution >= 0.6 is 0 Å². The second kappa shape index (κ2) is 4.20. The van der Waals surface area contributed by atoms with E-state index in [1.165, 1.54) is 5.56 Å². The predicted molar refractivity (Wildman–Crippen MR) is 70.8 cm³/mol. The number of aryl methyl sites for hydroxylation is 1. The van der Waals surface area contributed by atoms with Gasteiger partial charge in [-0.2, -0.15) is 0 Å². The van der Waals surface area contributed by atoms with Gasteiger partial charge in [-0.15, -0.1) is 0 Å². The zero-order chi connectivity index (χ0) is 14.4. The highest BCUT2D eigenvalue weighted by Crippen LogP contribution is 2.26. The van der Waals surface area contributed by atoms with Crippen LogP contribution in [0.15, 0.2) is 12.3 Å². The molecule has 0 saturated heterocycles. The van der Waals surface area contributed by atoms with Crippen molar-refractivity contribution >= 4 is 0 Å². The number of hydrogen-bond acceptors (Lipinski definition) is 1. The van der Waals surface area contributed by atoms with Crippen LogP contribution < -0.4 is 0 Å². The number of pyridine rings is 1. The largest absolute Gasteiger partial charge is 0.261 e. The summed E-state index contributed by atoms with van der Waals surface area (Å²) < 4.78 is 16.5. The lowest BCUT2D eigenvalue weighted by Gasteiger charge is -2.23. The Hall–Kier alpha value is -0.850. The Labute approximate surface area is 103 Å². The van der Waals surface area contributed by atoms with Crippen LogP contribution in [-0.4, -0.2) is 4.98 Å². The molecule has 1 aromatic heterocycles. The van der Waals surface area contributed by atoms with Crippen LogP contribution in [0, 0.1) is 12.3 Å². The van der Waals surface area contributed by atoms with Gasteiger partial charge in [0.1, 0.15) is 0 Å². The van der Waals surface area contributed by atoms with Crippen molar-refractivity contribution in [2.24, 2.45) is 5.41 Å². The van der Waals surface area contributed by atoms with E-state index in [1.807, 2.05) is 40.0 Å². The molecule has 0 aliphatic carbocycles. The standard InChI is InChI=1S/C15H25N/c1-11-8-12(9-14(2,3)4)16-10-13(11)15(5,6)7/h8,10H,9H2,1-7H3/i9D2. The molecule has 0 amide bonds. The first-order valence-electron chi connectivity index (χ1n) is 6.85. The molecule has 16 heavy (non-hydrogen) atoms. The SMILES string of the molecule is [2H]C([2H])(c1cc(C)c(C(C)(C)C)cn1)C(C)(C)C. The fraction of sp³-hybridized carbons (Fsp3) is 0.667. The molecule has 1 heteroatoms. The maximum absolute atomic E-state index is 8.25. The third-order valence-electron chi connectivity index (χ3n) is 2.42. The second-order valence-corrected chi connectivity index (χ2v) is 6.51. The molecule has 0 fully saturated rings. The first-order chi connectivity index (χ1) is 7.87. The van der Waals surface area contributed by atoms with Gasteiger partial charge in [0.25, 0.3) is 0 Å². The van der Waals surface area contributed by atoms with E-state index in [9.17, 15) is 0 Å². The Kier molecular flexibility index (Phi) is 2.70. The van der Waals surface area contributed by atoms with E-state index in [0.717, 1.165) is 5.56 Å². The van der Waals surface area contributed by atoms with Crippen molar-refractivity contribution in [3.8, 4) is 0 Å². The Morgan fingerprint density at radius 3 is 2.12 bits per heavy atom. The van der Waals surface area contributed by atoms with E-state index >= 15 is 0 Å². The van der Waals surface area contributed by atoms with Crippen molar-refractivity contribution in [2.45, 2.75) is 60.3 Å². The number of hydrogen-bond donors (Lipinski definition) is 0. The van der Waals surface area contributed by atoms with Gasteiger partial charge in [0.05, 0.1) is 0 Å². The minimum Gasteiger partial charge on any atom is -0.261 e. The average molecular weight is 221 g/mol. The number of aromatic nitrogens is 1. The molecule has 1 nitrogen and oxygen atoms in total. The van der Waals surface area contributed by atoms with E-state index in [4.69, 9.17) is 2.74 Å². The molecular formula is C15H25N. The van der Waals surface area contributed by atoms with Crippen molar-refractivity contribution in [1.29, 1.82) is 0 Å². The quantitative estimate of drug-likeness (QED) is 0.690. The van der Waals surface area contributed by atoms with Gasteiger partial charge < -0.3 is 0 Å². The third-order valence-corrected chi connectivity index (χ3v) is 2.42. The van der Waals surface area contributed by atoms with Crippen molar-refractivity contribution < 1.29 is 2.74 Å². The Bertz CT molecular complexity index is 437. The smallest absolute Gasteiger partial charge is 0.0411 e. The van der Waals surface area contributed by atoms with E-state index in [-0.39, 0.29) is 5.41 Å². The zero-order valence-corrected chi connectivity index (χ0v) is 11.6. The van der Waals surface area contributed by atoms with Gasteiger partial charge in [-0.25, -0.2) is 0 Å². The van der Waals surface area contributed by atoms with Crippen LogP contribution in [0.2, 0.25) is 0 Å². The highest BCUT2D eigenvalue weighted by atomic mass is 14.7. The third kappa shape index (κ3) is 3.62. The summed E-state index contributed by atoms with van der Waals surface area (Å²) in [4.78, 5) is 4.37. The molecule has 0 aromatic carbocycles. The molecule has 0 saturated carbocycles. The van der Waals surface area contributed by atoms with Gasteiger partial charge in [-0.3, -0.25) is 4.98 Å². The molecule has 90 valence electrons. The maximum atomic E-state index is 8.25. The summed E-state index contributed by atoms with van der Waals surface area (Å²) in [6.45, 7) is 14.2. The monoisotopic (exact) mass is 221 g/mol. The summed E-state index contributed by atoms with van der Waals surface area (Å²) in [7, 11) is 0. The van der Waals surface area contributed by atoms with Crippen molar-refractivity contribution in [1.82, 2.24) is 4.98 Å². The molecule has 0 aliphatic rings. The lowest BCUT2D eigenvalue weighted by Crippen LogP contribution is -2.16. The van der Waals surface area contributed by atoms with Gasteiger partial charge in [0.2, 0.25) is 0 Å². The maximum Gasteiger partial charge on any atom is 0.0411 e. The molecular weight excluding hydrogens is 194 g/mol. The minimum atomic E-state index is -1.42. The zero-order valence-electron chi connectivity index (χ0n) is 13.6. The number of rotatable bonds is 1. The highest BCUT2D eigenvalue weighted by Gasteiger charge is 2.18. The topological polar surface area (TPSA) is 12.9 Å².